The first-order chi connectivity index (χ1) is 5.90. The predicted molar refractivity (Wildman–Crippen MR) is 58.8 cm³/mol. The van der Waals surface area contributed by atoms with E-state index >= 15 is 0 Å². The van der Waals surface area contributed by atoms with Crippen molar-refractivity contribution in [3.8, 4) is 0 Å². The quantitative estimate of drug-likeness (QED) is 0.672. The third kappa shape index (κ3) is 5.30. The molecular weight excluding hydrogens is 160 g/mol. The summed E-state index contributed by atoms with van der Waals surface area (Å²) in [5.41, 5.74) is -0.455. The van der Waals surface area contributed by atoms with E-state index in [0.29, 0.717) is 5.92 Å². The summed E-state index contributed by atoms with van der Waals surface area (Å²) in [6.45, 7) is 10.7. The fourth-order valence-corrected chi connectivity index (χ4v) is 1.55. The summed E-state index contributed by atoms with van der Waals surface area (Å²) in [6.07, 6.45) is 4.39. The van der Waals surface area contributed by atoms with Crippen LogP contribution in [0.1, 0.15) is 60.3 Å². The Morgan fingerprint density at radius 3 is 2.15 bits per heavy atom. The van der Waals surface area contributed by atoms with Crippen molar-refractivity contribution in [1.29, 1.82) is 0 Å². The normalized spacial score (nSPS) is 18.7. The van der Waals surface area contributed by atoms with E-state index in [2.05, 4.69) is 27.7 Å². The minimum Gasteiger partial charge on any atom is -0.390 e. The average molecular weight is 186 g/mol. The Balaban J connectivity index is 3.75. The first-order valence-corrected chi connectivity index (χ1v) is 5.62. The second kappa shape index (κ2) is 5.64. The molecule has 0 radical (unpaired) electrons. The van der Waals surface area contributed by atoms with Crippen LogP contribution in [0, 0.1) is 11.8 Å². The molecule has 0 spiro atoms. The predicted octanol–water partition coefficient (Wildman–Crippen LogP) is 3.61. The van der Waals surface area contributed by atoms with Gasteiger partial charge < -0.3 is 5.11 Å². The second-order valence-electron chi connectivity index (χ2n) is 4.95. The minimum atomic E-state index is -0.455. The van der Waals surface area contributed by atoms with Crippen LogP contribution in [0.2, 0.25) is 0 Å². The monoisotopic (exact) mass is 186 g/mol. The molecule has 0 aliphatic rings. The molecule has 0 saturated carbocycles. The highest BCUT2D eigenvalue weighted by molar-refractivity contribution is 4.78. The molecule has 0 rings (SSSR count). The second-order valence-corrected chi connectivity index (χ2v) is 4.95. The van der Waals surface area contributed by atoms with Crippen molar-refractivity contribution >= 4 is 0 Å². The Morgan fingerprint density at radius 2 is 1.77 bits per heavy atom. The Hall–Kier alpha value is -0.0400. The Labute approximate surface area is 83.5 Å². The molecule has 2 unspecified atom stereocenters. The van der Waals surface area contributed by atoms with Crippen LogP contribution in [0.25, 0.3) is 0 Å². The lowest BCUT2D eigenvalue weighted by molar-refractivity contribution is -0.00583. The highest BCUT2D eigenvalue weighted by Crippen LogP contribution is 2.26. The van der Waals surface area contributed by atoms with E-state index in [0.717, 1.165) is 25.2 Å². The van der Waals surface area contributed by atoms with Crippen LogP contribution < -0.4 is 0 Å². The molecule has 0 aromatic heterocycles. The van der Waals surface area contributed by atoms with E-state index in [1.54, 1.807) is 0 Å². The fourth-order valence-electron chi connectivity index (χ4n) is 1.55. The first-order valence-electron chi connectivity index (χ1n) is 5.62. The minimum absolute atomic E-state index is 0.416. The highest BCUT2D eigenvalue weighted by Gasteiger charge is 2.25. The summed E-state index contributed by atoms with van der Waals surface area (Å²) in [5, 5.41) is 10.1. The smallest absolute Gasteiger partial charge is 0.0645 e. The molecule has 1 heteroatoms. The molecule has 0 aliphatic carbocycles. The van der Waals surface area contributed by atoms with Crippen LogP contribution in [-0.2, 0) is 0 Å². The Morgan fingerprint density at radius 1 is 1.23 bits per heavy atom. The maximum atomic E-state index is 10.1. The van der Waals surface area contributed by atoms with Gasteiger partial charge in [0.1, 0.15) is 0 Å². The summed E-state index contributed by atoms with van der Waals surface area (Å²) >= 11 is 0. The summed E-state index contributed by atoms with van der Waals surface area (Å²) in [5.74, 6) is 1.17. The molecule has 1 nitrogen and oxygen atoms in total. The maximum Gasteiger partial charge on any atom is 0.0645 e. The SMILES string of the molecule is CCC(C)C(C)(O)CCCC(C)C. The summed E-state index contributed by atoms with van der Waals surface area (Å²) < 4.78 is 0. The van der Waals surface area contributed by atoms with E-state index in [1.165, 1.54) is 6.42 Å². The molecular formula is C12H26O. The molecule has 0 aromatic carbocycles. The van der Waals surface area contributed by atoms with Gasteiger partial charge in [-0.1, -0.05) is 47.0 Å². The van der Waals surface area contributed by atoms with Crippen molar-refractivity contribution < 1.29 is 5.11 Å². The zero-order valence-corrected chi connectivity index (χ0v) is 9.93. The van der Waals surface area contributed by atoms with Gasteiger partial charge >= 0.3 is 0 Å². The van der Waals surface area contributed by atoms with Gasteiger partial charge in [0.2, 0.25) is 0 Å². The fraction of sp³-hybridized carbons (Fsp3) is 1.00. The molecule has 0 amide bonds. The lowest BCUT2D eigenvalue weighted by Gasteiger charge is -2.29. The van der Waals surface area contributed by atoms with Crippen LogP contribution >= 0.6 is 0 Å². The van der Waals surface area contributed by atoms with E-state index in [-0.39, 0.29) is 0 Å². The maximum absolute atomic E-state index is 10.1. The van der Waals surface area contributed by atoms with Crippen molar-refractivity contribution in [2.45, 2.75) is 65.9 Å². The molecule has 0 aromatic rings. The van der Waals surface area contributed by atoms with Gasteiger partial charge in [0, 0.05) is 0 Å². The van der Waals surface area contributed by atoms with Gasteiger partial charge in [-0.25, -0.2) is 0 Å². The van der Waals surface area contributed by atoms with Crippen LogP contribution in [0.5, 0.6) is 0 Å². The number of hydrogen-bond acceptors (Lipinski definition) is 1. The number of aliphatic hydroxyl groups is 1. The summed E-state index contributed by atoms with van der Waals surface area (Å²) in [4.78, 5) is 0. The largest absolute Gasteiger partial charge is 0.390 e. The van der Waals surface area contributed by atoms with E-state index in [9.17, 15) is 5.11 Å². The zero-order valence-electron chi connectivity index (χ0n) is 9.93. The number of rotatable bonds is 6. The number of hydrogen-bond donors (Lipinski definition) is 1. The van der Waals surface area contributed by atoms with Crippen LogP contribution in [0.15, 0.2) is 0 Å². The average Bonchev–Trinajstić information content (AvgIpc) is 2.01. The molecule has 0 fully saturated rings. The van der Waals surface area contributed by atoms with Crippen molar-refractivity contribution in [2.75, 3.05) is 0 Å². The molecule has 0 heterocycles. The molecule has 1 N–H and O–H groups in total. The third-order valence-corrected chi connectivity index (χ3v) is 3.14. The van der Waals surface area contributed by atoms with E-state index in [4.69, 9.17) is 0 Å². The third-order valence-electron chi connectivity index (χ3n) is 3.14. The van der Waals surface area contributed by atoms with Crippen molar-refractivity contribution in [2.24, 2.45) is 11.8 Å². The molecule has 80 valence electrons. The molecule has 0 saturated heterocycles. The molecule has 13 heavy (non-hydrogen) atoms. The van der Waals surface area contributed by atoms with Gasteiger partial charge in [-0.05, 0) is 25.2 Å². The van der Waals surface area contributed by atoms with Gasteiger partial charge in [-0.15, -0.1) is 0 Å². The van der Waals surface area contributed by atoms with Crippen LogP contribution in [-0.4, -0.2) is 10.7 Å². The zero-order chi connectivity index (χ0) is 10.5. The van der Waals surface area contributed by atoms with Crippen LogP contribution in [0.3, 0.4) is 0 Å². The first kappa shape index (κ1) is 13.0. The summed E-state index contributed by atoms with van der Waals surface area (Å²) in [7, 11) is 0. The molecule has 2 atom stereocenters. The van der Waals surface area contributed by atoms with Crippen molar-refractivity contribution in [1.82, 2.24) is 0 Å². The Bertz CT molecular complexity index is 127. The molecule has 0 bridgehead atoms. The van der Waals surface area contributed by atoms with E-state index in [1.807, 2.05) is 6.92 Å². The highest BCUT2D eigenvalue weighted by atomic mass is 16.3. The van der Waals surface area contributed by atoms with E-state index < -0.39 is 5.60 Å². The Kier molecular flexibility index (Phi) is 5.62. The van der Waals surface area contributed by atoms with Gasteiger partial charge in [0.15, 0.2) is 0 Å². The topological polar surface area (TPSA) is 20.2 Å². The van der Waals surface area contributed by atoms with Crippen molar-refractivity contribution in [3.63, 3.8) is 0 Å². The standard InChI is InChI=1S/C12H26O/c1-6-11(4)12(5,13)9-7-8-10(2)3/h10-11,13H,6-9H2,1-5H3. The van der Waals surface area contributed by atoms with Crippen LogP contribution in [0.4, 0.5) is 0 Å². The molecule has 0 aliphatic heterocycles. The van der Waals surface area contributed by atoms with Gasteiger partial charge in [0.25, 0.3) is 0 Å². The van der Waals surface area contributed by atoms with Gasteiger partial charge in [0.05, 0.1) is 5.60 Å². The van der Waals surface area contributed by atoms with Gasteiger partial charge in [-0.2, -0.15) is 0 Å². The lowest BCUT2D eigenvalue weighted by Crippen LogP contribution is -2.32. The lowest BCUT2D eigenvalue weighted by atomic mass is 9.84. The van der Waals surface area contributed by atoms with Crippen molar-refractivity contribution in [3.05, 3.63) is 0 Å². The summed E-state index contributed by atoms with van der Waals surface area (Å²) in [6, 6.07) is 0. The van der Waals surface area contributed by atoms with Gasteiger partial charge in [-0.3, -0.25) is 0 Å².